The zero-order valence-corrected chi connectivity index (χ0v) is 11.6. The highest BCUT2D eigenvalue weighted by atomic mass is 35.5. The van der Waals surface area contributed by atoms with E-state index in [2.05, 4.69) is 4.99 Å². The van der Waals surface area contributed by atoms with Gasteiger partial charge in [-0.1, -0.05) is 29.3 Å². The van der Waals surface area contributed by atoms with Gasteiger partial charge in [0.25, 0.3) is 0 Å². The van der Waals surface area contributed by atoms with Crippen LogP contribution in [0.5, 0.6) is 11.5 Å². The molecular formula is C14H11Cl2NO2. The standard InChI is InChI=1S/C14H11Cl2NO2/c1-19-13-4-2-3-9(14(13)18)8-17-12-6-5-10(15)7-11(12)16/h2-8,18H,1H3. The molecule has 5 heteroatoms. The molecule has 0 aliphatic rings. The lowest BCUT2D eigenvalue weighted by atomic mass is 10.2. The van der Waals surface area contributed by atoms with Crippen LogP contribution in [-0.2, 0) is 0 Å². The van der Waals surface area contributed by atoms with E-state index in [4.69, 9.17) is 27.9 Å². The van der Waals surface area contributed by atoms with Crippen LogP contribution in [0.4, 0.5) is 5.69 Å². The summed E-state index contributed by atoms with van der Waals surface area (Å²) < 4.78 is 5.02. The minimum absolute atomic E-state index is 0.0406. The minimum atomic E-state index is 0.0406. The van der Waals surface area contributed by atoms with Crippen molar-refractivity contribution in [2.45, 2.75) is 0 Å². The van der Waals surface area contributed by atoms with Crippen molar-refractivity contribution in [3.8, 4) is 11.5 Å². The highest BCUT2D eigenvalue weighted by molar-refractivity contribution is 6.36. The molecule has 2 aromatic carbocycles. The second-order valence-electron chi connectivity index (χ2n) is 3.75. The molecule has 0 bridgehead atoms. The van der Waals surface area contributed by atoms with Crippen LogP contribution in [0.2, 0.25) is 10.0 Å². The van der Waals surface area contributed by atoms with Crippen molar-refractivity contribution in [2.24, 2.45) is 4.99 Å². The lowest BCUT2D eigenvalue weighted by Crippen LogP contribution is -1.88. The molecular weight excluding hydrogens is 285 g/mol. The lowest BCUT2D eigenvalue weighted by molar-refractivity contribution is 0.373. The first-order chi connectivity index (χ1) is 9.11. The number of hydrogen-bond acceptors (Lipinski definition) is 3. The number of para-hydroxylation sites is 1. The summed E-state index contributed by atoms with van der Waals surface area (Å²) >= 11 is 11.8. The van der Waals surface area contributed by atoms with Crippen molar-refractivity contribution in [1.29, 1.82) is 0 Å². The molecule has 0 fully saturated rings. The first kappa shape index (κ1) is 13.7. The van der Waals surface area contributed by atoms with Crippen molar-refractivity contribution in [1.82, 2.24) is 0 Å². The van der Waals surface area contributed by atoms with Crippen LogP contribution in [0.25, 0.3) is 0 Å². The fraction of sp³-hybridized carbons (Fsp3) is 0.0714. The van der Waals surface area contributed by atoms with E-state index in [1.54, 1.807) is 36.4 Å². The fourth-order valence-corrected chi connectivity index (χ4v) is 1.99. The van der Waals surface area contributed by atoms with E-state index in [0.29, 0.717) is 27.0 Å². The number of benzene rings is 2. The number of hydrogen-bond donors (Lipinski definition) is 1. The van der Waals surface area contributed by atoms with Crippen LogP contribution < -0.4 is 4.74 Å². The number of aliphatic imine (C=N–C) groups is 1. The highest BCUT2D eigenvalue weighted by Gasteiger charge is 2.05. The summed E-state index contributed by atoms with van der Waals surface area (Å²) in [6.07, 6.45) is 1.52. The molecule has 0 atom stereocenters. The van der Waals surface area contributed by atoms with E-state index in [1.807, 2.05) is 0 Å². The molecule has 0 heterocycles. The zero-order valence-electron chi connectivity index (χ0n) is 10.1. The van der Waals surface area contributed by atoms with Crippen LogP contribution >= 0.6 is 23.2 Å². The van der Waals surface area contributed by atoms with Gasteiger partial charge in [-0.05, 0) is 30.3 Å². The SMILES string of the molecule is COc1cccc(C=Nc2ccc(Cl)cc2Cl)c1O. The van der Waals surface area contributed by atoms with Gasteiger partial charge in [-0.2, -0.15) is 0 Å². The average Bonchev–Trinajstić information content (AvgIpc) is 2.39. The van der Waals surface area contributed by atoms with Crippen LogP contribution in [-0.4, -0.2) is 18.4 Å². The van der Waals surface area contributed by atoms with Crippen molar-refractivity contribution in [3.05, 3.63) is 52.0 Å². The molecule has 0 aliphatic heterocycles. The van der Waals surface area contributed by atoms with Gasteiger partial charge in [-0.15, -0.1) is 0 Å². The van der Waals surface area contributed by atoms with Gasteiger partial charge in [-0.25, -0.2) is 0 Å². The van der Waals surface area contributed by atoms with Crippen LogP contribution in [0.15, 0.2) is 41.4 Å². The Morgan fingerprint density at radius 1 is 1.21 bits per heavy atom. The molecule has 0 aliphatic carbocycles. The monoisotopic (exact) mass is 295 g/mol. The Hall–Kier alpha value is -1.71. The van der Waals surface area contributed by atoms with Gasteiger partial charge < -0.3 is 9.84 Å². The molecule has 19 heavy (non-hydrogen) atoms. The van der Waals surface area contributed by atoms with Crippen molar-refractivity contribution in [2.75, 3.05) is 7.11 Å². The molecule has 0 saturated carbocycles. The van der Waals surface area contributed by atoms with Gasteiger partial charge in [-0.3, -0.25) is 4.99 Å². The molecule has 1 N–H and O–H groups in total. The van der Waals surface area contributed by atoms with Gasteiger partial charge in [0.2, 0.25) is 0 Å². The molecule has 2 aromatic rings. The molecule has 0 amide bonds. The summed E-state index contributed by atoms with van der Waals surface area (Å²) in [5.74, 6) is 0.435. The number of phenols is 1. The normalized spacial score (nSPS) is 10.9. The third kappa shape index (κ3) is 3.19. The van der Waals surface area contributed by atoms with E-state index in [1.165, 1.54) is 13.3 Å². The Morgan fingerprint density at radius 2 is 2.00 bits per heavy atom. The summed E-state index contributed by atoms with van der Waals surface area (Å²) in [5.41, 5.74) is 1.12. The van der Waals surface area contributed by atoms with E-state index < -0.39 is 0 Å². The number of phenolic OH excluding ortho intramolecular Hbond substituents is 1. The molecule has 0 unspecified atom stereocenters. The van der Waals surface area contributed by atoms with Gasteiger partial charge in [0.05, 0.1) is 17.8 Å². The van der Waals surface area contributed by atoms with Crippen LogP contribution in [0.1, 0.15) is 5.56 Å². The molecule has 0 saturated heterocycles. The Bertz CT molecular complexity index is 627. The first-order valence-electron chi connectivity index (χ1n) is 5.47. The minimum Gasteiger partial charge on any atom is -0.504 e. The fourth-order valence-electron chi connectivity index (χ4n) is 1.53. The molecule has 98 valence electrons. The second-order valence-corrected chi connectivity index (χ2v) is 4.60. The predicted molar refractivity (Wildman–Crippen MR) is 78.4 cm³/mol. The molecule has 3 nitrogen and oxygen atoms in total. The van der Waals surface area contributed by atoms with E-state index in [9.17, 15) is 5.11 Å². The maximum Gasteiger partial charge on any atom is 0.166 e. The summed E-state index contributed by atoms with van der Waals surface area (Å²) in [6.45, 7) is 0. The summed E-state index contributed by atoms with van der Waals surface area (Å²) in [6, 6.07) is 10.2. The van der Waals surface area contributed by atoms with E-state index in [-0.39, 0.29) is 5.75 Å². The Kier molecular flexibility index (Phi) is 4.30. The lowest BCUT2D eigenvalue weighted by Gasteiger charge is -2.05. The summed E-state index contributed by atoms with van der Waals surface area (Å²) in [5, 5.41) is 10.9. The average molecular weight is 296 g/mol. The number of nitrogens with zero attached hydrogens (tertiary/aromatic N) is 1. The highest BCUT2D eigenvalue weighted by Crippen LogP contribution is 2.30. The molecule has 2 rings (SSSR count). The van der Waals surface area contributed by atoms with Crippen LogP contribution in [0.3, 0.4) is 0 Å². The zero-order chi connectivity index (χ0) is 13.8. The third-order valence-corrected chi connectivity index (χ3v) is 3.04. The number of ether oxygens (including phenoxy) is 1. The topological polar surface area (TPSA) is 41.8 Å². The first-order valence-corrected chi connectivity index (χ1v) is 6.22. The van der Waals surface area contributed by atoms with Gasteiger partial charge in [0, 0.05) is 16.8 Å². The number of methoxy groups -OCH3 is 1. The van der Waals surface area contributed by atoms with Gasteiger partial charge in [0.15, 0.2) is 11.5 Å². The van der Waals surface area contributed by atoms with Crippen molar-refractivity contribution < 1.29 is 9.84 Å². The molecule has 0 radical (unpaired) electrons. The van der Waals surface area contributed by atoms with Crippen molar-refractivity contribution in [3.63, 3.8) is 0 Å². The number of aromatic hydroxyl groups is 1. The predicted octanol–water partition coefficient (Wildman–Crippen LogP) is 4.46. The number of halogens is 2. The summed E-state index contributed by atoms with van der Waals surface area (Å²) in [4.78, 5) is 4.22. The third-order valence-electron chi connectivity index (χ3n) is 2.50. The van der Waals surface area contributed by atoms with Gasteiger partial charge >= 0.3 is 0 Å². The molecule has 0 spiro atoms. The number of rotatable bonds is 3. The quantitative estimate of drug-likeness (QED) is 0.850. The van der Waals surface area contributed by atoms with Crippen molar-refractivity contribution >= 4 is 35.1 Å². The smallest absolute Gasteiger partial charge is 0.166 e. The van der Waals surface area contributed by atoms with Gasteiger partial charge in [0.1, 0.15) is 0 Å². The largest absolute Gasteiger partial charge is 0.504 e. The maximum atomic E-state index is 9.91. The molecule has 0 aromatic heterocycles. The van der Waals surface area contributed by atoms with E-state index in [0.717, 1.165) is 0 Å². The Balaban J connectivity index is 2.32. The van der Waals surface area contributed by atoms with E-state index >= 15 is 0 Å². The van der Waals surface area contributed by atoms with Crippen LogP contribution in [0, 0.1) is 0 Å². The Morgan fingerprint density at radius 3 is 2.68 bits per heavy atom. The summed E-state index contributed by atoms with van der Waals surface area (Å²) in [7, 11) is 1.49. The second kappa shape index (κ2) is 5.95. The maximum absolute atomic E-state index is 9.91. The Labute approximate surface area is 121 Å².